The maximum atomic E-state index is 5.89. The van der Waals surface area contributed by atoms with Crippen molar-refractivity contribution >= 4 is 45.1 Å². The van der Waals surface area contributed by atoms with Crippen LogP contribution in [0, 0.1) is 0 Å². The quantitative estimate of drug-likeness (QED) is 0.563. The zero-order valence-corrected chi connectivity index (χ0v) is 11.3. The molecule has 0 aromatic heterocycles. The summed E-state index contributed by atoms with van der Waals surface area (Å²) in [6.45, 7) is 0. The van der Waals surface area contributed by atoms with Gasteiger partial charge < -0.3 is 21.9 Å². The average molecular weight is 321 g/mol. The van der Waals surface area contributed by atoms with E-state index < -0.39 is 0 Å². The normalized spacial score (nSPS) is 11.1. The van der Waals surface area contributed by atoms with E-state index >= 15 is 0 Å². The van der Waals surface area contributed by atoms with Gasteiger partial charge in [-0.15, -0.1) is 0 Å². The highest BCUT2D eigenvalue weighted by molar-refractivity contribution is 9.10. The molecule has 0 fully saturated rings. The predicted molar refractivity (Wildman–Crippen MR) is 72.8 cm³/mol. The van der Waals surface area contributed by atoms with Crippen molar-refractivity contribution < 1.29 is 4.74 Å². The van der Waals surface area contributed by atoms with Gasteiger partial charge in [0.25, 0.3) is 0 Å². The smallest absolute Gasteiger partial charge is 0.223 e. The molecule has 92 valence electrons. The Morgan fingerprint density at radius 3 is 2.53 bits per heavy atom. The number of benzene rings is 1. The molecule has 8 heteroatoms. The van der Waals surface area contributed by atoms with Crippen molar-refractivity contribution in [2.45, 2.75) is 0 Å². The Hall–Kier alpha value is -1.47. The molecule has 6 nitrogen and oxygen atoms in total. The van der Waals surface area contributed by atoms with Crippen LogP contribution in [0.5, 0.6) is 5.75 Å². The van der Waals surface area contributed by atoms with Gasteiger partial charge in [-0.3, -0.25) is 0 Å². The van der Waals surface area contributed by atoms with Crippen LogP contribution in [0.2, 0.25) is 5.02 Å². The molecule has 1 rings (SSSR count). The van der Waals surface area contributed by atoms with Crippen molar-refractivity contribution in [3.8, 4) is 5.75 Å². The van der Waals surface area contributed by atoms with Gasteiger partial charge in [-0.25, -0.2) is 4.99 Å². The van der Waals surface area contributed by atoms with E-state index in [4.69, 9.17) is 33.5 Å². The van der Waals surface area contributed by atoms with E-state index in [2.05, 4.69) is 25.9 Å². The molecule has 0 saturated heterocycles. The number of nitrogens with zero attached hydrogens (tertiary/aromatic N) is 2. The minimum Gasteiger partial charge on any atom is -0.493 e. The Morgan fingerprint density at radius 2 is 2.00 bits per heavy atom. The molecule has 0 saturated carbocycles. The van der Waals surface area contributed by atoms with Crippen molar-refractivity contribution in [3.05, 3.63) is 21.6 Å². The summed E-state index contributed by atoms with van der Waals surface area (Å²) in [5.74, 6) is 0.229. The second-order valence-electron chi connectivity index (χ2n) is 2.95. The zero-order valence-electron chi connectivity index (χ0n) is 8.95. The highest BCUT2D eigenvalue weighted by Crippen LogP contribution is 2.38. The van der Waals surface area contributed by atoms with Crippen molar-refractivity contribution in [3.63, 3.8) is 0 Å². The lowest BCUT2D eigenvalue weighted by molar-refractivity contribution is 0.413. The number of rotatable bonds is 2. The number of guanidine groups is 2. The fraction of sp³-hybridized carbons (Fsp3) is 0.111. The van der Waals surface area contributed by atoms with Gasteiger partial charge in [0.15, 0.2) is 11.7 Å². The van der Waals surface area contributed by atoms with Gasteiger partial charge in [-0.05, 0) is 28.1 Å². The summed E-state index contributed by atoms with van der Waals surface area (Å²) in [6, 6.07) is 3.26. The van der Waals surface area contributed by atoms with Gasteiger partial charge in [0.1, 0.15) is 5.69 Å². The van der Waals surface area contributed by atoms with Crippen LogP contribution in [0.25, 0.3) is 0 Å². The summed E-state index contributed by atoms with van der Waals surface area (Å²) < 4.78 is 5.81. The first-order valence-electron chi connectivity index (χ1n) is 4.41. The van der Waals surface area contributed by atoms with Crippen molar-refractivity contribution in [2.24, 2.45) is 27.2 Å². The molecule has 0 aliphatic heterocycles. The van der Waals surface area contributed by atoms with Crippen molar-refractivity contribution in [2.75, 3.05) is 7.11 Å². The molecule has 0 heterocycles. The first-order valence-corrected chi connectivity index (χ1v) is 5.58. The highest BCUT2D eigenvalue weighted by Gasteiger charge is 2.09. The van der Waals surface area contributed by atoms with Crippen LogP contribution in [-0.4, -0.2) is 19.0 Å². The van der Waals surface area contributed by atoms with E-state index in [1.807, 2.05) is 0 Å². The number of methoxy groups -OCH3 is 1. The van der Waals surface area contributed by atoms with E-state index in [-0.39, 0.29) is 11.9 Å². The second-order valence-corrected chi connectivity index (χ2v) is 4.24. The van der Waals surface area contributed by atoms with Crippen LogP contribution in [0.1, 0.15) is 0 Å². The zero-order chi connectivity index (χ0) is 13.0. The van der Waals surface area contributed by atoms with E-state index in [0.29, 0.717) is 20.9 Å². The van der Waals surface area contributed by atoms with Crippen LogP contribution in [0.15, 0.2) is 26.6 Å². The average Bonchev–Trinajstić information content (AvgIpc) is 2.15. The Bertz CT molecular complexity index is 485. The summed E-state index contributed by atoms with van der Waals surface area (Å²) in [5, 5.41) is 0.480. The van der Waals surface area contributed by atoms with Gasteiger partial charge in [0.2, 0.25) is 5.96 Å². The summed E-state index contributed by atoms with van der Waals surface area (Å²) in [4.78, 5) is 7.59. The summed E-state index contributed by atoms with van der Waals surface area (Å²) in [6.07, 6.45) is 0. The third kappa shape index (κ3) is 3.79. The standard InChI is InChI=1S/C9H11BrClN5O/c1-17-7-5(10)2-4(11)3-6(7)15-9(14)16-8(12)13/h2-3H,1H3,(H6,12,13,14,15,16). The maximum Gasteiger partial charge on any atom is 0.223 e. The topological polar surface area (TPSA) is 112 Å². The minimum atomic E-state index is -0.175. The molecule has 1 aromatic rings. The van der Waals surface area contributed by atoms with Gasteiger partial charge in [0.05, 0.1) is 11.6 Å². The molecule has 0 bridgehead atoms. The summed E-state index contributed by atoms with van der Waals surface area (Å²) in [7, 11) is 1.50. The van der Waals surface area contributed by atoms with E-state index in [1.54, 1.807) is 12.1 Å². The van der Waals surface area contributed by atoms with Gasteiger partial charge in [-0.1, -0.05) is 11.6 Å². The largest absolute Gasteiger partial charge is 0.493 e. The van der Waals surface area contributed by atoms with Crippen LogP contribution >= 0.6 is 27.5 Å². The molecule has 0 aliphatic carbocycles. The van der Waals surface area contributed by atoms with Gasteiger partial charge in [0, 0.05) is 5.02 Å². The molecule has 0 atom stereocenters. The number of halogens is 2. The molecule has 0 unspecified atom stereocenters. The monoisotopic (exact) mass is 319 g/mol. The molecule has 6 N–H and O–H groups in total. The molecule has 1 aromatic carbocycles. The summed E-state index contributed by atoms with van der Waals surface area (Å²) >= 11 is 9.18. The number of hydrogen-bond donors (Lipinski definition) is 3. The fourth-order valence-electron chi connectivity index (χ4n) is 1.11. The molecular formula is C9H11BrClN5O. The highest BCUT2D eigenvalue weighted by atomic mass is 79.9. The predicted octanol–water partition coefficient (Wildman–Crippen LogP) is 1.33. The number of aliphatic imine (C=N–C) groups is 2. The maximum absolute atomic E-state index is 5.89. The third-order valence-electron chi connectivity index (χ3n) is 1.67. The fourth-order valence-corrected chi connectivity index (χ4v) is 2.07. The Kier molecular flexibility index (Phi) is 4.59. The van der Waals surface area contributed by atoms with Crippen molar-refractivity contribution in [1.82, 2.24) is 0 Å². The molecule has 0 radical (unpaired) electrons. The van der Waals surface area contributed by atoms with Crippen LogP contribution in [0.4, 0.5) is 5.69 Å². The molecular weight excluding hydrogens is 309 g/mol. The minimum absolute atomic E-state index is 0.0857. The number of ether oxygens (including phenoxy) is 1. The van der Waals surface area contributed by atoms with Gasteiger partial charge >= 0.3 is 0 Å². The van der Waals surface area contributed by atoms with Crippen LogP contribution < -0.4 is 21.9 Å². The molecule has 0 amide bonds. The second kappa shape index (κ2) is 5.74. The SMILES string of the molecule is COc1c(Br)cc(Cl)cc1N=C(N)N=C(N)N. The molecule has 17 heavy (non-hydrogen) atoms. The van der Waals surface area contributed by atoms with E-state index in [9.17, 15) is 0 Å². The first-order chi connectivity index (χ1) is 7.93. The van der Waals surface area contributed by atoms with Crippen molar-refractivity contribution in [1.29, 1.82) is 0 Å². The summed E-state index contributed by atoms with van der Waals surface area (Å²) in [5.41, 5.74) is 16.3. The lowest BCUT2D eigenvalue weighted by Gasteiger charge is -2.07. The molecule has 0 spiro atoms. The first kappa shape index (κ1) is 13.6. The van der Waals surface area contributed by atoms with Gasteiger partial charge in [-0.2, -0.15) is 4.99 Å². The van der Waals surface area contributed by atoms with Crippen LogP contribution in [-0.2, 0) is 0 Å². The Morgan fingerprint density at radius 1 is 1.35 bits per heavy atom. The van der Waals surface area contributed by atoms with E-state index in [1.165, 1.54) is 7.11 Å². The lowest BCUT2D eigenvalue weighted by atomic mass is 10.3. The number of hydrogen-bond acceptors (Lipinski definition) is 2. The van der Waals surface area contributed by atoms with E-state index in [0.717, 1.165) is 0 Å². The third-order valence-corrected chi connectivity index (χ3v) is 2.48. The lowest BCUT2D eigenvalue weighted by Crippen LogP contribution is -2.26. The number of nitrogens with two attached hydrogens (primary N) is 3. The molecule has 0 aliphatic rings. The van der Waals surface area contributed by atoms with Crippen LogP contribution in [0.3, 0.4) is 0 Å². The Labute approximate surface area is 112 Å². The Balaban J connectivity index is 3.26.